The largest absolute Gasteiger partial charge is 0.467 e. The number of azide groups is 1. The Labute approximate surface area is 405 Å². The van der Waals surface area contributed by atoms with Gasteiger partial charge in [-0.1, -0.05) is 96.1 Å². The average Bonchev–Trinajstić information content (AvgIpc) is 3.34. The van der Waals surface area contributed by atoms with Gasteiger partial charge in [0.15, 0.2) is 30.9 Å². The Morgan fingerprint density at radius 3 is 1.81 bits per heavy atom. The second kappa shape index (κ2) is 27.1. The van der Waals surface area contributed by atoms with Crippen LogP contribution in [0.4, 0.5) is 4.79 Å². The number of ketones is 1. The summed E-state index contributed by atoms with van der Waals surface area (Å²) in [5.41, 5.74) is 11.0. The fourth-order valence-corrected chi connectivity index (χ4v) is 7.15. The molecule has 0 aliphatic carbocycles. The van der Waals surface area contributed by atoms with Gasteiger partial charge in [0.1, 0.15) is 49.5 Å². The number of nitrogens with one attached hydrogen (secondary N) is 1. The molecule has 3 aromatic carbocycles. The smallest absolute Gasteiger partial charge is 0.407 e. The molecular formula is C49H60N4O17. The number of methoxy groups -OCH3 is 1. The lowest BCUT2D eigenvalue weighted by Crippen LogP contribution is -2.67. The van der Waals surface area contributed by atoms with Crippen molar-refractivity contribution in [3.8, 4) is 0 Å². The van der Waals surface area contributed by atoms with Gasteiger partial charge in [-0.25, -0.2) is 9.59 Å². The van der Waals surface area contributed by atoms with Gasteiger partial charge in [-0.15, -0.1) is 0 Å². The first-order chi connectivity index (χ1) is 33.6. The molecule has 378 valence electrons. The maximum absolute atomic E-state index is 13.9. The first kappa shape index (κ1) is 54.5. The molecule has 21 nitrogen and oxygen atoms in total. The summed E-state index contributed by atoms with van der Waals surface area (Å²) in [6.07, 6.45) is -15.2. The lowest BCUT2D eigenvalue weighted by molar-refractivity contribution is -0.348. The Morgan fingerprint density at radius 2 is 1.27 bits per heavy atom. The lowest BCUT2D eigenvalue weighted by Gasteiger charge is -2.48. The Balaban J connectivity index is 1.54. The molecule has 0 aromatic heterocycles. The summed E-state index contributed by atoms with van der Waals surface area (Å²) in [6, 6.07) is 25.3. The number of esters is 4. The molecule has 0 bridgehead atoms. The van der Waals surface area contributed by atoms with Gasteiger partial charge in [0.25, 0.3) is 0 Å². The van der Waals surface area contributed by atoms with E-state index in [1.165, 1.54) is 6.92 Å². The molecule has 1 N–H and O–H groups in total. The van der Waals surface area contributed by atoms with Crippen molar-refractivity contribution in [2.45, 2.75) is 129 Å². The number of hydrogen-bond donors (Lipinski definition) is 1. The van der Waals surface area contributed by atoms with Gasteiger partial charge in [-0.2, -0.15) is 0 Å². The SMILES string of the molecule is COC(=O)[C@@H]1O[C@@H](OCCNC(=O)OCc2ccccc2)[C@H](OC(=O)C(C)(C)C)[C@@H](OCc2ccccc2)[C@@H]1O[C@H]1O[C@H](COC(C)=O)[C@@H](OC(=O)CCC(C)=O)[C@H](OCc2ccccc2)[C@H]1N=[N+]=[N-]. The van der Waals surface area contributed by atoms with Crippen molar-refractivity contribution < 1.29 is 80.9 Å². The third kappa shape index (κ3) is 16.6. The highest BCUT2D eigenvalue weighted by Crippen LogP contribution is 2.37. The molecule has 0 unspecified atom stereocenters. The summed E-state index contributed by atoms with van der Waals surface area (Å²) in [5, 5.41) is 6.59. The molecule has 0 saturated carbocycles. The molecule has 10 atom stereocenters. The van der Waals surface area contributed by atoms with Crippen LogP contribution in [0.2, 0.25) is 0 Å². The number of amides is 1. The van der Waals surface area contributed by atoms with E-state index in [9.17, 15) is 34.3 Å². The second-order valence-electron chi connectivity index (χ2n) is 17.2. The molecule has 0 spiro atoms. The Bertz CT molecular complexity index is 2220. The van der Waals surface area contributed by atoms with E-state index in [1.54, 1.807) is 93.6 Å². The highest BCUT2D eigenvalue weighted by Gasteiger charge is 2.57. The minimum Gasteiger partial charge on any atom is -0.467 e. The van der Waals surface area contributed by atoms with Crippen LogP contribution in [-0.4, -0.2) is 124 Å². The average molecular weight is 977 g/mol. The molecule has 2 aliphatic rings. The van der Waals surface area contributed by atoms with Crippen LogP contribution in [0.5, 0.6) is 0 Å². The number of alkyl carbamates (subject to hydrolysis) is 1. The standard InChI is InChI=1S/C49H60N4O17/c1-30(54)22-23-36(56)67-38-35(29-62-31(2)55)66-45(37(52-53-50)39(38)63-26-32-16-10-7-11-17-32)68-41-40(64-27-33-18-12-8-13-19-33)43(70-47(58)49(3,4)5)46(69-42(41)44(57)60-6)61-25-24-51-48(59)65-28-34-20-14-9-15-21-34/h7-21,35,37-43,45-46H,22-29H2,1-6H3,(H,51,59)/t35-,37-,38-,39-,40+,41+,42-,43-,45-,46-/m1/s1. The van der Waals surface area contributed by atoms with E-state index >= 15 is 0 Å². The quantitative estimate of drug-likeness (QED) is 0.0303. The summed E-state index contributed by atoms with van der Waals surface area (Å²) in [4.78, 5) is 80.8. The van der Waals surface area contributed by atoms with E-state index in [2.05, 4.69) is 15.3 Å². The van der Waals surface area contributed by atoms with Crippen LogP contribution >= 0.6 is 0 Å². The summed E-state index contributed by atoms with van der Waals surface area (Å²) >= 11 is 0. The summed E-state index contributed by atoms with van der Waals surface area (Å²) in [7, 11) is 1.10. The zero-order chi connectivity index (χ0) is 50.6. The first-order valence-electron chi connectivity index (χ1n) is 22.6. The summed E-state index contributed by atoms with van der Waals surface area (Å²) in [6.45, 7) is 6.14. The third-order valence-corrected chi connectivity index (χ3v) is 10.7. The summed E-state index contributed by atoms with van der Waals surface area (Å²) in [5.74, 6) is -3.57. The van der Waals surface area contributed by atoms with Crippen molar-refractivity contribution in [2.75, 3.05) is 26.9 Å². The maximum atomic E-state index is 13.9. The van der Waals surface area contributed by atoms with Crippen LogP contribution in [-0.2, 0) is 95.9 Å². The minimum atomic E-state index is -1.75. The fourth-order valence-electron chi connectivity index (χ4n) is 7.15. The molecule has 2 saturated heterocycles. The van der Waals surface area contributed by atoms with Gasteiger partial charge in [-0.05, 0) is 49.9 Å². The van der Waals surface area contributed by atoms with E-state index in [4.69, 9.17) is 52.1 Å². The molecule has 5 rings (SSSR count). The molecule has 21 heteroatoms. The predicted octanol–water partition coefficient (Wildman–Crippen LogP) is 5.59. The minimum absolute atomic E-state index is 0.00922. The van der Waals surface area contributed by atoms with Crippen LogP contribution in [0, 0.1) is 5.41 Å². The van der Waals surface area contributed by atoms with Crippen LogP contribution in [0.25, 0.3) is 10.4 Å². The number of carbonyl (C=O) groups excluding carboxylic acids is 6. The van der Waals surface area contributed by atoms with Crippen LogP contribution in [0.3, 0.4) is 0 Å². The maximum Gasteiger partial charge on any atom is 0.407 e. The number of carbonyl (C=O) groups is 6. The van der Waals surface area contributed by atoms with Crippen LogP contribution < -0.4 is 5.32 Å². The molecule has 0 radical (unpaired) electrons. The van der Waals surface area contributed by atoms with E-state index < -0.39 is 103 Å². The topological polar surface area (TPSA) is 265 Å². The highest BCUT2D eigenvalue weighted by molar-refractivity contribution is 5.81. The third-order valence-electron chi connectivity index (χ3n) is 10.7. The van der Waals surface area contributed by atoms with Gasteiger partial charge in [-0.3, -0.25) is 14.4 Å². The number of nitrogens with zero attached hydrogens (tertiary/aromatic N) is 3. The number of ether oxygens (including phenoxy) is 11. The fraction of sp³-hybridized carbons (Fsp3) is 0.510. The predicted molar refractivity (Wildman–Crippen MR) is 244 cm³/mol. The normalized spacial score (nSPS) is 24.2. The first-order valence-corrected chi connectivity index (χ1v) is 22.6. The molecular weight excluding hydrogens is 917 g/mol. The van der Waals surface area contributed by atoms with E-state index in [-0.39, 0.29) is 51.6 Å². The van der Waals surface area contributed by atoms with E-state index in [0.717, 1.165) is 19.6 Å². The van der Waals surface area contributed by atoms with E-state index in [0.29, 0.717) is 11.1 Å². The highest BCUT2D eigenvalue weighted by atomic mass is 16.8. The Kier molecular flexibility index (Phi) is 21.1. The Morgan fingerprint density at radius 1 is 0.686 bits per heavy atom. The molecule has 2 aliphatic heterocycles. The van der Waals surface area contributed by atoms with Crippen molar-refractivity contribution in [1.29, 1.82) is 0 Å². The van der Waals surface area contributed by atoms with Crippen molar-refractivity contribution in [3.05, 3.63) is 118 Å². The van der Waals surface area contributed by atoms with Gasteiger partial charge in [0.2, 0.25) is 0 Å². The van der Waals surface area contributed by atoms with Crippen LogP contribution in [0.15, 0.2) is 96.1 Å². The van der Waals surface area contributed by atoms with E-state index in [1.807, 2.05) is 18.2 Å². The van der Waals surface area contributed by atoms with Crippen molar-refractivity contribution >= 4 is 35.8 Å². The van der Waals surface area contributed by atoms with Crippen molar-refractivity contribution in [2.24, 2.45) is 10.5 Å². The molecule has 1 amide bonds. The summed E-state index contributed by atoms with van der Waals surface area (Å²) < 4.78 is 66.4. The molecule has 3 aromatic rings. The van der Waals surface area contributed by atoms with Gasteiger partial charge < -0.3 is 62.2 Å². The van der Waals surface area contributed by atoms with Gasteiger partial charge in [0.05, 0.1) is 38.8 Å². The van der Waals surface area contributed by atoms with Gasteiger partial charge in [0, 0.05) is 24.8 Å². The van der Waals surface area contributed by atoms with Crippen molar-refractivity contribution in [1.82, 2.24) is 5.32 Å². The Hall–Kier alpha value is -6.45. The number of hydrogen-bond acceptors (Lipinski definition) is 18. The number of Topliss-reactive ketones (excluding diaryl/α,β-unsaturated/α-hetero) is 1. The lowest BCUT2D eigenvalue weighted by atomic mass is 9.94. The second-order valence-corrected chi connectivity index (χ2v) is 17.2. The van der Waals surface area contributed by atoms with Crippen LogP contribution in [0.1, 0.15) is 64.2 Å². The zero-order valence-corrected chi connectivity index (χ0v) is 39.9. The molecule has 70 heavy (non-hydrogen) atoms. The van der Waals surface area contributed by atoms with Gasteiger partial charge >= 0.3 is 30.0 Å². The number of rotatable bonds is 23. The van der Waals surface area contributed by atoms with Crippen molar-refractivity contribution in [3.63, 3.8) is 0 Å². The monoisotopic (exact) mass is 976 g/mol. The zero-order valence-electron chi connectivity index (χ0n) is 39.9. The molecule has 2 heterocycles. The number of benzene rings is 3. The molecule has 2 fully saturated rings.